The van der Waals surface area contributed by atoms with E-state index in [2.05, 4.69) is 10.1 Å². The number of Topliss-reactive ketones (excluding diaryl/α,β-unsaturated/α-hetero) is 1. The Morgan fingerprint density at radius 2 is 1.97 bits per heavy atom. The molecule has 0 spiro atoms. The van der Waals surface area contributed by atoms with Gasteiger partial charge in [-0.15, -0.1) is 0 Å². The number of aromatic nitrogens is 3. The third-order valence-corrected chi connectivity index (χ3v) is 4.67. The molecule has 0 bridgehead atoms. The Morgan fingerprint density at radius 1 is 1.24 bits per heavy atom. The second-order valence-electron chi connectivity index (χ2n) is 8.13. The molecule has 160 valence electrons. The SMILES string of the molecule is COCCn1c(C)cc(C(=O)COC(=O)CCCc2nc(C(C)(C)C)no2)c1C. The van der Waals surface area contributed by atoms with Crippen molar-refractivity contribution < 1.29 is 23.6 Å². The normalized spacial score (nSPS) is 11.7. The van der Waals surface area contributed by atoms with Crippen LogP contribution in [0.2, 0.25) is 0 Å². The molecule has 0 atom stereocenters. The van der Waals surface area contributed by atoms with Gasteiger partial charge >= 0.3 is 5.97 Å². The minimum absolute atomic E-state index is 0.181. The standard InChI is InChI=1S/C21H31N3O5/c1-14-12-16(15(2)24(14)10-11-27-6)17(25)13-28-19(26)9-7-8-18-22-20(23-29-18)21(3,4)5/h12H,7-11,13H2,1-6H3. The van der Waals surface area contributed by atoms with E-state index in [0.29, 0.717) is 43.3 Å². The first-order chi connectivity index (χ1) is 13.6. The van der Waals surface area contributed by atoms with Crippen molar-refractivity contribution in [2.75, 3.05) is 20.3 Å². The third kappa shape index (κ3) is 6.25. The Labute approximate surface area is 171 Å². The summed E-state index contributed by atoms with van der Waals surface area (Å²) in [6.07, 6.45) is 1.20. The van der Waals surface area contributed by atoms with E-state index in [1.807, 2.05) is 45.3 Å². The number of carbonyl (C=O) groups excluding carboxylic acids is 2. The molecule has 0 saturated carbocycles. The van der Waals surface area contributed by atoms with E-state index < -0.39 is 5.97 Å². The van der Waals surface area contributed by atoms with Gasteiger partial charge in [-0.2, -0.15) is 4.98 Å². The molecule has 0 amide bonds. The maximum atomic E-state index is 12.4. The number of carbonyl (C=O) groups is 2. The Morgan fingerprint density at radius 3 is 2.59 bits per heavy atom. The number of hydrogen-bond acceptors (Lipinski definition) is 7. The summed E-state index contributed by atoms with van der Waals surface area (Å²) in [5, 5.41) is 3.96. The molecule has 8 nitrogen and oxygen atoms in total. The van der Waals surface area contributed by atoms with Crippen LogP contribution in [0.15, 0.2) is 10.6 Å². The number of nitrogens with zero attached hydrogens (tertiary/aromatic N) is 3. The van der Waals surface area contributed by atoms with E-state index in [0.717, 1.165) is 11.4 Å². The van der Waals surface area contributed by atoms with Gasteiger partial charge in [-0.25, -0.2) is 0 Å². The summed E-state index contributed by atoms with van der Waals surface area (Å²) in [6.45, 7) is 10.8. The van der Waals surface area contributed by atoms with E-state index in [1.165, 1.54) is 0 Å². The quantitative estimate of drug-likeness (QED) is 0.442. The van der Waals surface area contributed by atoms with Crippen LogP contribution in [0.1, 0.15) is 67.1 Å². The van der Waals surface area contributed by atoms with Crippen LogP contribution in [0.3, 0.4) is 0 Å². The van der Waals surface area contributed by atoms with Crippen LogP contribution in [-0.2, 0) is 32.6 Å². The summed E-state index contributed by atoms with van der Waals surface area (Å²) in [5.74, 6) is 0.523. The zero-order chi connectivity index (χ0) is 21.6. The smallest absolute Gasteiger partial charge is 0.306 e. The fourth-order valence-corrected chi connectivity index (χ4v) is 2.95. The molecule has 29 heavy (non-hydrogen) atoms. The lowest BCUT2D eigenvalue weighted by atomic mass is 9.96. The van der Waals surface area contributed by atoms with Gasteiger partial charge in [0.2, 0.25) is 11.7 Å². The van der Waals surface area contributed by atoms with Crippen molar-refractivity contribution in [2.24, 2.45) is 0 Å². The Bertz CT molecular complexity index is 845. The van der Waals surface area contributed by atoms with Crippen molar-refractivity contribution >= 4 is 11.8 Å². The molecule has 2 aromatic rings. The first-order valence-corrected chi connectivity index (χ1v) is 9.81. The lowest BCUT2D eigenvalue weighted by Crippen LogP contribution is -2.15. The largest absolute Gasteiger partial charge is 0.457 e. The van der Waals surface area contributed by atoms with Crippen LogP contribution < -0.4 is 0 Å². The molecule has 0 N–H and O–H groups in total. The lowest BCUT2D eigenvalue weighted by molar-refractivity contribution is -0.142. The molecule has 2 rings (SSSR count). The molecule has 0 aromatic carbocycles. The summed E-state index contributed by atoms with van der Waals surface area (Å²) >= 11 is 0. The molecule has 8 heteroatoms. The fourth-order valence-electron chi connectivity index (χ4n) is 2.95. The first kappa shape index (κ1) is 22.8. The molecule has 0 aliphatic rings. The van der Waals surface area contributed by atoms with E-state index in [-0.39, 0.29) is 24.2 Å². The van der Waals surface area contributed by atoms with Crippen molar-refractivity contribution in [3.63, 3.8) is 0 Å². The van der Waals surface area contributed by atoms with Crippen LogP contribution >= 0.6 is 0 Å². The molecule has 2 heterocycles. The highest BCUT2D eigenvalue weighted by atomic mass is 16.5. The van der Waals surface area contributed by atoms with Crippen molar-refractivity contribution in [1.82, 2.24) is 14.7 Å². The summed E-state index contributed by atoms with van der Waals surface area (Å²) in [7, 11) is 1.64. The molecule has 0 fully saturated rings. The maximum Gasteiger partial charge on any atom is 0.306 e. The van der Waals surface area contributed by atoms with Gasteiger partial charge in [0.05, 0.1) is 6.61 Å². The summed E-state index contributed by atoms with van der Waals surface area (Å²) in [5.41, 5.74) is 2.22. The van der Waals surface area contributed by atoms with E-state index in [9.17, 15) is 9.59 Å². The molecule has 0 aliphatic carbocycles. The predicted octanol–water partition coefficient (Wildman–Crippen LogP) is 3.18. The predicted molar refractivity (Wildman–Crippen MR) is 107 cm³/mol. The number of aryl methyl sites for hydroxylation is 2. The average molecular weight is 405 g/mol. The lowest BCUT2D eigenvalue weighted by Gasteiger charge is -2.10. The minimum atomic E-state index is -0.415. The van der Waals surface area contributed by atoms with Crippen molar-refractivity contribution in [2.45, 2.75) is 65.8 Å². The molecule has 0 aliphatic heterocycles. The van der Waals surface area contributed by atoms with Crippen molar-refractivity contribution in [3.05, 3.63) is 34.7 Å². The van der Waals surface area contributed by atoms with Crippen molar-refractivity contribution in [1.29, 1.82) is 0 Å². The highest BCUT2D eigenvalue weighted by Gasteiger charge is 2.21. The van der Waals surface area contributed by atoms with E-state index in [1.54, 1.807) is 7.11 Å². The zero-order valence-electron chi connectivity index (χ0n) is 18.2. The molecule has 0 radical (unpaired) electrons. The van der Waals surface area contributed by atoms with E-state index >= 15 is 0 Å². The number of rotatable bonds is 10. The van der Waals surface area contributed by atoms with Gasteiger partial charge in [0.15, 0.2) is 12.4 Å². The van der Waals surface area contributed by atoms with Crippen LogP contribution in [0.25, 0.3) is 0 Å². The van der Waals surface area contributed by atoms with Gasteiger partial charge in [-0.1, -0.05) is 25.9 Å². The monoisotopic (exact) mass is 405 g/mol. The summed E-state index contributed by atoms with van der Waals surface area (Å²) in [4.78, 5) is 28.8. The van der Waals surface area contributed by atoms with Gasteiger partial charge in [0.1, 0.15) is 0 Å². The minimum Gasteiger partial charge on any atom is -0.457 e. The van der Waals surface area contributed by atoms with Gasteiger partial charge in [0.25, 0.3) is 0 Å². The van der Waals surface area contributed by atoms with Gasteiger partial charge in [-0.05, 0) is 26.3 Å². The van der Waals surface area contributed by atoms with Crippen LogP contribution in [0.5, 0.6) is 0 Å². The molecule has 0 saturated heterocycles. The number of hydrogen-bond donors (Lipinski definition) is 0. The Kier molecular flexibility index (Phi) is 7.73. The van der Waals surface area contributed by atoms with Crippen LogP contribution in [-0.4, -0.2) is 46.8 Å². The zero-order valence-corrected chi connectivity index (χ0v) is 18.2. The molecular formula is C21H31N3O5. The molecule has 2 aromatic heterocycles. The Hall–Kier alpha value is -2.48. The number of methoxy groups -OCH3 is 1. The number of ether oxygens (including phenoxy) is 2. The molecular weight excluding hydrogens is 374 g/mol. The Balaban J connectivity index is 1.79. The highest BCUT2D eigenvalue weighted by Crippen LogP contribution is 2.19. The van der Waals surface area contributed by atoms with Gasteiger partial charge in [-0.3, -0.25) is 9.59 Å². The summed E-state index contributed by atoms with van der Waals surface area (Å²) in [6, 6.07) is 1.82. The maximum absolute atomic E-state index is 12.4. The van der Waals surface area contributed by atoms with Crippen molar-refractivity contribution in [3.8, 4) is 0 Å². The first-order valence-electron chi connectivity index (χ1n) is 9.81. The van der Waals surface area contributed by atoms with E-state index in [4.69, 9.17) is 14.0 Å². The molecule has 0 unspecified atom stereocenters. The highest BCUT2D eigenvalue weighted by molar-refractivity contribution is 5.99. The third-order valence-electron chi connectivity index (χ3n) is 4.67. The summed E-state index contributed by atoms with van der Waals surface area (Å²) < 4.78 is 17.5. The number of ketones is 1. The van der Waals surface area contributed by atoms with Gasteiger partial charge < -0.3 is 18.6 Å². The fraction of sp³-hybridized carbons (Fsp3) is 0.619. The van der Waals surface area contributed by atoms with Crippen LogP contribution in [0.4, 0.5) is 0 Å². The topological polar surface area (TPSA) is 96.5 Å². The van der Waals surface area contributed by atoms with Gasteiger partial charge in [0, 0.05) is 48.9 Å². The second-order valence-corrected chi connectivity index (χ2v) is 8.13. The number of esters is 1. The second kappa shape index (κ2) is 9.82. The van der Waals surface area contributed by atoms with Crippen LogP contribution in [0, 0.1) is 13.8 Å². The average Bonchev–Trinajstić information content (AvgIpc) is 3.23.